The van der Waals surface area contributed by atoms with E-state index < -0.39 is 0 Å². The number of likely N-dealkylation sites (tertiary alicyclic amines) is 1. The van der Waals surface area contributed by atoms with E-state index in [1.165, 1.54) is 30.4 Å². The number of piperidine rings is 1. The van der Waals surface area contributed by atoms with Gasteiger partial charge in [-0.3, -0.25) is 15.4 Å². The van der Waals surface area contributed by atoms with Gasteiger partial charge in [-0.15, -0.1) is 0 Å². The lowest BCUT2D eigenvalue weighted by atomic mass is 9.79. The van der Waals surface area contributed by atoms with Gasteiger partial charge in [-0.1, -0.05) is 37.6 Å². The molecule has 1 aliphatic heterocycles. The molecule has 5 heteroatoms. The van der Waals surface area contributed by atoms with Crippen molar-refractivity contribution in [1.82, 2.24) is 9.47 Å². The first-order chi connectivity index (χ1) is 14.6. The monoisotopic (exact) mass is 406 g/mol. The Hall–Kier alpha value is -2.56. The SMILES string of the molecule is CCC[C@H]1CCC(Oc2ccc(=N)n(C(=N)N3CCCC[C@@H]3C)c2)c2ccccc21. The Bertz CT molecular complexity index is 950. The normalized spacial score (nSPS) is 23.7. The fourth-order valence-corrected chi connectivity index (χ4v) is 5.05. The van der Waals surface area contributed by atoms with Crippen molar-refractivity contribution >= 4 is 5.96 Å². The van der Waals surface area contributed by atoms with E-state index in [0.29, 0.717) is 23.4 Å². The van der Waals surface area contributed by atoms with Crippen molar-refractivity contribution in [1.29, 1.82) is 10.8 Å². The standard InChI is InChI=1S/C25H34N4O/c1-3-8-19-12-14-23(22-11-5-4-10-21(19)22)30-20-13-15-24(26)29(17-20)25(27)28-16-7-6-9-18(28)2/h4-5,10-11,13,15,17-19,23,26-27H,3,6-9,12,14,16H2,1-2H3/t18-,19-,23?/m0/s1. The molecule has 2 N–H and O–H groups in total. The fraction of sp³-hybridized carbons (Fsp3) is 0.520. The molecule has 0 bridgehead atoms. The summed E-state index contributed by atoms with van der Waals surface area (Å²) in [7, 11) is 0. The second kappa shape index (κ2) is 9.07. The highest BCUT2D eigenvalue weighted by molar-refractivity contribution is 5.79. The van der Waals surface area contributed by atoms with Crippen LogP contribution < -0.4 is 10.2 Å². The Morgan fingerprint density at radius 3 is 2.63 bits per heavy atom. The van der Waals surface area contributed by atoms with Crippen LogP contribution in [0.15, 0.2) is 42.6 Å². The molecule has 1 saturated heterocycles. The van der Waals surface area contributed by atoms with E-state index in [4.69, 9.17) is 15.6 Å². The van der Waals surface area contributed by atoms with Gasteiger partial charge in [-0.25, -0.2) is 0 Å². The average molecular weight is 407 g/mol. The quantitative estimate of drug-likeness (QED) is 0.526. The molecule has 2 heterocycles. The molecule has 5 nitrogen and oxygen atoms in total. The maximum Gasteiger partial charge on any atom is 0.204 e. The van der Waals surface area contributed by atoms with Crippen molar-refractivity contribution in [2.45, 2.75) is 76.9 Å². The van der Waals surface area contributed by atoms with Gasteiger partial charge in [0.2, 0.25) is 5.96 Å². The Labute approximate surface area is 179 Å². The summed E-state index contributed by atoms with van der Waals surface area (Å²) in [5, 5.41) is 17.0. The highest BCUT2D eigenvalue weighted by Crippen LogP contribution is 2.41. The Morgan fingerprint density at radius 1 is 1.07 bits per heavy atom. The number of nitrogens with zero attached hydrogens (tertiary/aromatic N) is 2. The van der Waals surface area contributed by atoms with Crippen LogP contribution in [0.5, 0.6) is 5.75 Å². The second-order valence-electron chi connectivity index (χ2n) is 8.78. The van der Waals surface area contributed by atoms with Gasteiger partial charge in [-0.2, -0.15) is 0 Å². The molecular weight excluding hydrogens is 372 g/mol. The number of hydrogen-bond acceptors (Lipinski definition) is 3. The van der Waals surface area contributed by atoms with Gasteiger partial charge in [-0.05, 0) is 74.6 Å². The van der Waals surface area contributed by atoms with Crippen molar-refractivity contribution in [3.63, 3.8) is 0 Å². The van der Waals surface area contributed by atoms with E-state index in [2.05, 4.69) is 43.0 Å². The number of rotatable bonds is 4. The first kappa shape index (κ1) is 20.7. The van der Waals surface area contributed by atoms with Crippen molar-refractivity contribution < 1.29 is 4.74 Å². The molecule has 2 aliphatic rings. The summed E-state index contributed by atoms with van der Waals surface area (Å²) in [5.74, 6) is 1.74. The van der Waals surface area contributed by atoms with Crippen molar-refractivity contribution in [3.8, 4) is 5.75 Å². The van der Waals surface area contributed by atoms with Crippen LogP contribution >= 0.6 is 0 Å². The van der Waals surface area contributed by atoms with Crippen LogP contribution in [0, 0.1) is 10.8 Å². The Balaban J connectivity index is 1.57. The summed E-state index contributed by atoms with van der Waals surface area (Å²) in [6.07, 6.45) is 9.85. The summed E-state index contributed by atoms with van der Waals surface area (Å²) in [4.78, 5) is 2.11. The van der Waals surface area contributed by atoms with Crippen molar-refractivity contribution in [3.05, 3.63) is 59.2 Å². The van der Waals surface area contributed by atoms with Crippen LogP contribution in [0.2, 0.25) is 0 Å². The molecule has 2 aromatic rings. The third-order valence-corrected chi connectivity index (χ3v) is 6.70. The zero-order chi connectivity index (χ0) is 21.1. The zero-order valence-electron chi connectivity index (χ0n) is 18.2. The molecule has 1 aliphatic carbocycles. The van der Waals surface area contributed by atoms with Gasteiger partial charge in [0.1, 0.15) is 17.3 Å². The van der Waals surface area contributed by atoms with Crippen LogP contribution in [0.3, 0.4) is 0 Å². The summed E-state index contributed by atoms with van der Waals surface area (Å²) in [5.41, 5.74) is 3.04. The third kappa shape index (κ3) is 4.16. The smallest absolute Gasteiger partial charge is 0.204 e. The first-order valence-corrected chi connectivity index (χ1v) is 11.5. The number of nitrogens with one attached hydrogen (secondary N) is 2. The molecule has 3 atom stereocenters. The lowest BCUT2D eigenvalue weighted by molar-refractivity contribution is 0.174. The number of pyridine rings is 1. The first-order valence-electron chi connectivity index (χ1n) is 11.5. The van der Waals surface area contributed by atoms with Gasteiger partial charge in [0.15, 0.2) is 0 Å². The zero-order valence-corrected chi connectivity index (χ0v) is 18.2. The van der Waals surface area contributed by atoms with Crippen LogP contribution in [-0.2, 0) is 0 Å². The molecule has 1 aromatic heterocycles. The number of fused-ring (bicyclic) bond motifs is 1. The second-order valence-corrected chi connectivity index (χ2v) is 8.78. The summed E-state index contributed by atoms with van der Waals surface area (Å²) >= 11 is 0. The average Bonchev–Trinajstić information content (AvgIpc) is 2.77. The molecule has 0 saturated carbocycles. The van der Waals surface area contributed by atoms with Gasteiger partial charge in [0.25, 0.3) is 0 Å². The molecule has 0 amide bonds. The Morgan fingerprint density at radius 2 is 1.87 bits per heavy atom. The summed E-state index contributed by atoms with van der Waals surface area (Å²) in [6, 6.07) is 12.6. The van der Waals surface area contributed by atoms with Crippen molar-refractivity contribution in [2.24, 2.45) is 0 Å². The third-order valence-electron chi connectivity index (χ3n) is 6.70. The topological polar surface area (TPSA) is 65.1 Å². The number of benzene rings is 1. The van der Waals surface area contributed by atoms with Crippen LogP contribution in [0.25, 0.3) is 0 Å². The molecule has 1 unspecified atom stereocenters. The molecule has 1 fully saturated rings. The molecule has 0 spiro atoms. The minimum absolute atomic E-state index is 0.0300. The number of aromatic nitrogens is 1. The highest BCUT2D eigenvalue weighted by Gasteiger charge is 2.28. The van der Waals surface area contributed by atoms with Gasteiger partial charge < -0.3 is 9.64 Å². The van der Waals surface area contributed by atoms with E-state index in [1.54, 1.807) is 10.6 Å². The van der Waals surface area contributed by atoms with Crippen LogP contribution in [0.4, 0.5) is 0 Å². The molecular formula is C25H34N4O. The predicted molar refractivity (Wildman–Crippen MR) is 120 cm³/mol. The van der Waals surface area contributed by atoms with E-state index >= 15 is 0 Å². The molecule has 0 radical (unpaired) electrons. The lowest BCUT2D eigenvalue weighted by Gasteiger charge is -2.36. The molecule has 160 valence electrons. The summed E-state index contributed by atoms with van der Waals surface area (Å²) in [6.45, 7) is 5.31. The van der Waals surface area contributed by atoms with Gasteiger partial charge >= 0.3 is 0 Å². The minimum atomic E-state index is 0.0300. The van der Waals surface area contributed by atoms with Crippen LogP contribution in [0.1, 0.15) is 81.9 Å². The lowest BCUT2D eigenvalue weighted by Crippen LogP contribution is -2.47. The largest absolute Gasteiger partial charge is 0.484 e. The number of ether oxygens (including phenoxy) is 1. The van der Waals surface area contributed by atoms with E-state index in [0.717, 1.165) is 38.0 Å². The molecule has 30 heavy (non-hydrogen) atoms. The predicted octanol–water partition coefficient (Wildman–Crippen LogP) is 5.42. The summed E-state index contributed by atoms with van der Waals surface area (Å²) < 4.78 is 8.11. The van der Waals surface area contributed by atoms with E-state index in [-0.39, 0.29) is 6.10 Å². The van der Waals surface area contributed by atoms with Gasteiger partial charge in [0.05, 0.1) is 6.20 Å². The fourth-order valence-electron chi connectivity index (χ4n) is 5.05. The van der Waals surface area contributed by atoms with E-state index in [9.17, 15) is 0 Å². The molecule has 1 aromatic carbocycles. The minimum Gasteiger partial charge on any atom is -0.484 e. The maximum atomic E-state index is 8.71. The molecule has 4 rings (SSSR count). The highest BCUT2D eigenvalue weighted by atomic mass is 16.5. The van der Waals surface area contributed by atoms with E-state index in [1.807, 2.05) is 12.3 Å². The van der Waals surface area contributed by atoms with Gasteiger partial charge in [0, 0.05) is 12.6 Å². The number of hydrogen-bond donors (Lipinski definition) is 2. The Kier molecular flexibility index (Phi) is 6.26. The van der Waals surface area contributed by atoms with Crippen molar-refractivity contribution in [2.75, 3.05) is 6.54 Å². The maximum absolute atomic E-state index is 8.71. The van der Waals surface area contributed by atoms with Crippen LogP contribution in [-0.4, -0.2) is 28.0 Å².